The van der Waals surface area contributed by atoms with E-state index in [9.17, 15) is 0 Å². The van der Waals surface area contributed by atoms with Gasteiger partial charge in [-0.2, -0.15) is 0 Å². The van der Waals surface area contributed by atoms with E-state index in [1.807, 2.05) is 12.1 Å². The third-order valence-electron chi connectivity index (χ3n) is 5.38. The molecule has 0 spiro atoms. The lowest BCUT2D eigenvalue weighted by atomic mass is 10.1. The molecule has 0 aliphatic carbocycles. The Labute approximate surface area is 166 Å². The van der Waals surface area contributed by atoms with E-state index in [1.165, 1.54) is 27.8 Å². The van der Waals surface area contributed by atoms with Crippen LogP contribution in [0, 0.1) is 20.8 Å². The number of aryl methyl sites for hydroxylation is 3. The number of rotatable bonds is 6. The molecule has 0 saturated carbocycles. The third-order valence-corrected chi connectivity index (χ3v) is 5.38. The summed E-state index contributed by atoms with van der Waals surface area (Å²) in [5.41, 5.74) is 7.12. The monoisotopic (exact) mass is 370 g/mol. The van der Waals surface area contributed by atoms with Crippen LogP contribution in [0.15, 0.2) is 66.7 Å². The molecular weight excluding hydrogens is 344 g/mol. The largest absolute Gasteiger partial charge is 0.493 e. The number of aromatic nitrogens is 2. The van der Waals surface area contributed by atoms with Gasteiger partial charge in [0.1, 0.15) is 11.6 Å². The van der Waals surface area contributed by atoms with Crippen LogP contribution in [0.5, 0.6) is 5.75 Å². The summed E-state index contributed by atoms with van der Waals surface area (Å²) in [6, 6.07) is 23.0. The standard InChI is InChI=1S/C25H26N2O/c1-18-11-8-15-24(20(18)3)28-17-9-16-27-23-14-7-6-13-22(23)26-25(27)21-12-5-4-10-19(21)2/h4-8,10-15H,9,16-17H2,1-3H3. The predicted molar refractivity (Wildman–Crippen MR) is 116 cm³/mol. The van der Waals surface area contributed by atoms with Crippen LogP contribution in [-0.2, 0) is 6.54 Å². The van der Waals surface area contributed by atoms with Crippen LogP contribution in [0.4, 0.5) is 0 Å². The molecule has 3 nitrogen and oxygen atoms in total. The Morgan fingerprint density at radius 1 is 0.821 bits per heavy atom. The van der Waals surface area contributed by atoms with Crippen molar-refractivity contribution in [3.63, 3.8) is 0 Å². The molecule has 0 radical (unpaired) electrons. The molecule has 0 atom stereocenters. The van der Waals surface area contributed by atoms with Gasteiger partial charge in [-0.25, -0.2) is 4.98 Å². The van der Waals surface area contributed by atoms with Crippen molar-refractivity contribution in [1.29, 1.82) is 0 Å². The summed E-state index contributed by atoms with van der Waals surface area (Å²) < 4.78 is 8.39. The second-order valence-corrected chi connectivity index (χ2v) is 7.29. The summed E-state index contributed by atoms with van der Waals surface area (Å²) in [5, 5.41) is 0. The quantitative estimate of drug-likeness (QED) is 0.384. The van der Waals surface area contributed by atoms with Gasteiger partial charge in [-0.1, -0.05) is 48.5 Å². The SMILES string of the molecule is Cc1ccccc1-c1nc2ccccc2n1CCCOc1cccc(C)c1C. The molecule has 0 unspecified atom stereocenters. The number of imidazole rings is 1. The highest BCUT2D eigenvalue weighted by Gasteiger charge is 2.13. The lowest BCUT2D eigenvalue weighted by molar-refractivity contribution is 0.301. The van der Waals surface area contributed by atoms with Crippen LogP contribution in [0.25, 0.3) is 22.4 Å². The van der Waals surface area contributed by atoms with Crippen LogP contribution >= 0.6 is 0 Å². The Bertz CT molecular complexity index is 1110. The molecule has 0 bridgehead atoms. The smallest absolute Gasteiger partial charge is 0.141 e. The third kappa shape index (κ3) is 3.53. The predicted octanol–water partition coefficient (Wildman–Crippen LogP) is 6.10. The highest BCUT2D eigenvalue weighted by Crippen LogP contribution is 2.27. The average molecular weight is 370 g/mol. The molecule has 0 saturated heterocycles. The molecule has 28 heavy (non-hydrogen) atoms. The van der Waals surface area contributed by atoms with Gasteiger partial charge in [-0.15, -0.1) is 0 Å². The summed E-state index contributed by atoms with van der Waals surface area (Å²) in [6.45, 7) is 7.93. The molecule has 0 aliphatic heterocycles. The molecule has 4 aromatic rings. The van der Waals surface area contributed by atoms with Crippen molar-refractivity contribution in [2.45, 2.75) is 33.7 Å². The van der Waals surface area contributed by atoms with Gasteiger partial charge in [0.2, 0.25) is 0 Å². The zero-order valence-corrected chi connectivity index (χ0v) is 16.8. The molecule has 3 heteroatoms. The first kappa shape index (κ1) is 18.3. The molecule has 0 fully saturated rings. The van der Waals surface area contributed by atoms with E-state index in [2.05, 4.69) is 79.9 Å². The topological polar surface area (TPSA) is 27.1 Å². The lowest BCUT2D eigenvalue weighted by Crippen LogP contribution is -2.07. The van der Waals surface area contributed by atoms with Crippen LogP contribution in [0.1, 0.15) is 23.1 Å². The van der Waals surface area contributed by atoms with Crippen molar-refractivity contribution < 1.29 is 4.74 Å². The maximum absolute atomic E-state index is 6.06. The van der Waals surface area contributed by atoms with Gasteiger partial charge in [0.05, 0.1) is 17.6 Å². The first-order chi connectivity index (χ1) is 13.6. The van der Waals surface area contributed by atoms with Gasteiger partial charge in [0.15, 0.2) is 0 Å². The molecular formula is C25H26N2O. The number of fused-ring (bicyclic) bond motifs is 1. The average Bonchev–Trinajstić information content (AvgIpc) is 3.07. The number of nitrogens with zero attached hydrogens (tertiary/aromatic N) is 2. The summed E-state index contributed by atoms with van der Waals surface area (Å²) in [5.74, 6) is 2.01. The molecule has 0 N–H and O–H groups in total. The van der Waals surface area contributed by atoms with E-state index in [-0.39, 0.29) is 0 Å². The number of ether oxygens (including phenoxy) is 1. The van der Waals surface area contributed by atoms with Crippen LogP contribution < -0.4 is 4.74 Å². The lowest BCUT2D eigenvalue weighted by Gasteiger charge is -2.13. The molecule has 0 amide bonds. The summed E-state index contributed by atoms with van der Waals surface area (Å²) in [6.07, 6.45) is 0.923. The van der Waals surface area contributed by atoms with Crippen molar-refractivity contribution in [1.82, 2.24) is 9.55 Å². The molecule has 1 heterocycles. The van der Waals surface area contributed by atoms with Crippen molar-refractivity contribution in [2.24, 2.45) is 0 Å². The van der Waals surface area contributed by atoms with E-state index in [0.29, 0.717) is 6.61 Å². The first-order valence-corrected chi connectivity index (χ1v) is 9.85. The van der Waals surface area contributed by atoms with Gasteiger partial charge in [-0.05, 0) is 62.1 Å². The maximum Gasteiger partial charge on any atom is 0.141 e. The Morgan fingerprint density at radius 3 is 2.43 bits per heavy atom. The van der Waals surface area contributed by atoms with Gasteiger partial charge in [0, 0.05) is 12.1 Å². The van der Waals surface area contributed by atoms with E-state index in [0.717, 1.165) is 30.1 Å². The minimum atomic E-state index is 0.685. The number of hydrogen-bond acceptors (Lipinski definition) is 2. The zero-order chi connectivity index (χ0) is 19.5. The molecule has 142 valence electrons. The van der Waals surface area contributed by atoms with Crippen molar-refractivity contribution in [3.05, 3.63) is 83.4 Å². The summed E-state index contributed by atoms with van der Waals surface area (Å²) >= 11 is 0. The first-order valence-electron chi connectivity index (χ1n) is 9.85. The van der Waals surface area contributed by atoms with E-state index in [1.54, 1.807) is 0 Å². The highest BCUT2D eigenvalue weighted by molar-refractivity contribution is 5.81. The van der Waals surface area contributed by atoms with E-state index >= 15 is 0 Å². The summed E-state index contributed by atoms with van der Waals surface area (Å²) in [4.78, 5) is 4.93. The Balaban J connectivity index is 1.57. The van der Waals surface area contributed by atoms with Crippen molar-refractivity contribution in [2.75, 3.05) is 6.61 Å². The van der Waals surface area contributed by atoms with E-state index < -0.39 is 0 Å². The van der Waals surface area contributed by atoms with Crippen molar-refractivity contribution >= 4 is 11.0 Å². The molecule has 4 rings (SSSR count). The second-order valence-electron chi connectivity index (χ2n) is 7.29. The zero-order valence-electron chi connectivity index (χ0n) is 16.8. The number of hydrogen-bond donors (Lipinski definition) is 0. The Morgan fingerprint density at radius 2 is 1.57 bits per heavy atom. The normalized spacial score (nSPS) is 11.1. The minimum absolute atomic E-state index is 0.685. The Hall–Kier alpha value is -3.07. The minimum Gasteiger partial charge on any atom is -0.493 e. The maximum atomic E-state index is 6.06. The van der Waals surface area contributed by atoms with Crippen LogP contribution in [0.2, 0.25) is 0 Å². The fraction of sp³-hybridized carbons (Fsp3) is 0.240. The second kappa shape index (κ2) is 7.89. The summed E-state index contributed by atoms with van der Waals surface area (Å²) in [7, 11) is 0. The highest BCUT2D eigenvalue weighted by atomic mass is 16.5. The van der Waals surface area contributed by atoms with Gasteiger partial charge < -0.3 is 9.30 Å². The molecule has 1 aromatic heterocycles. The number of para-hydroxylation sites is 2. The van der Waals surface area contributed by atoms with Crippen molar-refractivity contribution in [3.8, 4) is 17.1 Å². The fourth-order valence-corrected chi connectivity index (χ4v) is 3.62. The van der Waals surface area contributed by atoms with Gasteiger partial charge in [-0.3, -0.25) is 0 Å². The number of benzene rings is 3. The molecule has 0 aliphatic rings. The van der Waals surface area contributed by atoms with Crippen LogP contribution in [0.3, 0.4) is 0 Å². The van der Waals surface area contributed by atoms with Gasteiger partial charge in [0.25, 0.3) is 0 Å². The fourth-order valence-electron chi connectivity index (χ4n) is 3.62. The van der Waals surface area contributed by atoms with Crippen LogP contribution in [-0.4, -0.2) is 16.2 Å². The van der Waals surface area contributed by atoms with Gasteiger partial charge >= 0.3 is 0 Å². The Kier molecular flexibility index (Phi) is 5.16. The molecule has 3 aromatic carbocycles. The van der Waals surface area contributed by atoms with E-state index in [4.69, 9.17) is 9.72 Å².